The van der Waals surface area contributed by atoms with Crippen molar-refractivity contribution in [3.8, 4) is 0 Å². The van der Waals surface area contributed by atoms with Gasteiger partial charge in [0.05, 0.1) is 10.5 Å². The van der Waals surface area contributed by atoms with Gasteiger partial charge in [-0.05, 0) is 61.1 Å². The predicted molar refractivity (Wildman–Crippen MR) is 114 cm³/mol. The average molecular weight is 471 g/mol. The van der Waals surface area contributed by atoms with Crippen LogP contribution in [0.5, 0.6) is 0 Å². The lowest BCUT2D eigenvalue weighted by Crippen LogP contribution is -2.33. The molecule has 0 saturated heterocycles. The van der Waals surface area contributed by atoms with Crippen LogP contribution in [0.4, 0.5) is 19.0 Å². The number of halogens is 3. The molecule has 11 heteroatoms. The molecule has 174 valence electrons. The van der Waals surface area contributed by atoms with E-state index in [9.17, 15) is 26.4 Å². The molecular weight excluding hydrogens is 445 g/mol. The molecule has 1 amide bonds. The second-order valence-corrected chi connectivity index (χ2v) is 9.23. The van der Waals surface area contributed by atoms with E-state index in [1.807, 2.05) is 6.07 Å². The summed E-state index contributed by atoms with van der Waals surface area (Å²) in [5.74, 6) is -0.732. The van der Waals surface area contributed by atoms with E-state index in [0.717, 1.165) is 37.3 Å². The van der Waals surface area contributed by atoms with Gasteiger partial charge in [0.2, 0.25) is 15.9 Å². The zero-order valence-electron chi connectivity index (χ0n) is 17.3. The molecule has 0 radical (unpaired) electrons. The molecule has 1 aromatic heterocycles. The minimum atomic E-state index is -4.53. The molecular formula is C21H25F3N4O3S. The Balaban J connectivity index is 1.41. The van der Waals surface area contributed by atoms with E-state index in [1.54, 1.807) is 12.1 Å². The summed E-state index contributed by atoms with van der Waals surface area (Å²) < 4.78 is 66.1. The van der Waals surface area contributed by atoms with Crippen LogP contribution < -0.4 is 15.4 Å². The molecule has 1 heterocycles. The number of aromatic nitrogens is 1. The van der Waals surface area contributed by atoms with Crippen LogP contribution in [-0.4, -0.2) is 38.9 Å². The van der Waals surface area contributed by atoms with Crippen LogP contribution in [0.3, 0.4) is 0 Å². The highest BCUT2D eigenvalue weighted by atomic mass is 32.2. The SMILES string of the molecule is O=C(CCNS(=O)(=O)c1ccc2c(c1)CCCC2)NCCNc1ncccc1C(F)(F)F. The van der Waals surface area contributed by atoms with Gasteiger partial charge in [-0.25, -0.2) is 18.1 Å². The minimum Gasteiger partial charge on any atom is -0.368 e. The number of rotatable bonds is 9. The van der Waals surface area contributed by atoms with E-state index >= 15 is 0 Å². The monoisotopic (exact) mass is 470 g/mol. The third kappa shape index (κ3) is 6.42. The van der Waals surface area contributed by atoms with Gasteiger partial charge in [-0.15, -0.1) is 0 Å². The average Bonchev–Trinajstić information content (AvgIpc) is 2.76. The van der Waals surface area contributed by atoms with Crippen LogP contribution in [0, 0.1) is 0 Å². The quantitative estimate of drug-likeness (QED) is 0.490. The minimum absolute atomic E-state index is 0.0344. The van der Waals surface area contributed by atoms with Gasteiger partial charge in [0.15, 0.2) is 0 Å². The Kier molecular flexibility index (Phi) is 7.73. The summed E-state index contributed by atoms with van der Waals surface area (Å²) in [7, 11) is -3.73. The van der Waals surface area contributed by atoms with Gasteiger partial charge in [0.1, 0.15) is 5.82 Å². The zero-order valence-corrected chi connectivity index (χ0v) is 18.2. The van der Waals surface area contributed by atoms with Crippen LogP contribution >= 0.6 is 0 Å². The summed E-state index contributed by atoms with van der Waals surface area (Å²) in [6.45, 7) is 0.00804. The fourth-order valence-corrected chi connectivity index (χ4v) is 4.59. The number of alkyl halides is 3. The fourth-order valence-electron chi connectivity index (χ4n) is 3.51. The van der Waals surface area contributed by atoms with Gasteiger partial charge in [0, 0.05) is 32.3 Å². The predicted octanol–water partition coefficient (Wildman–Crippen LogP) is 2.88. The molecule has 1 aliphatic carbocycles. The number of benzene rings is 1. The number of nitrogens with one attached hydrogen (secondary N) is 3. The Labute approximate surface area is 184 Å². The molecule has 0 atom stereocenters. The summed E-state index contributed by atoms with van der Waals surface area (Å²) in [6, 6.07) is 7.22. The lowest BCUT2D eigenvalue weighted by molar-refractivity contribution is -0.137. The van der Waals surface area contributed by atoms with E-state index in [2.05, 4.69) is 20.3 Å². The van der Waals surface area contributed by atoms with E-state index in [0.29, 0.717) is 0 Å². The van der Waals surface area contributed by atoms with Gasteiger partial charge < -0.3 is 10.6 Å². The molecule has 0 fully saturated rings. The van der Waals surface area contributed by atoms with Crippen molar-refractivity contribution in [1.29, 1.82) is 0 Å². The molecule has 0 unspecified atom stereocenters. The first-order valence-electron chi connectivity index (χ1n) is 10.3. The molecule has 7 nitrogen and oxygen atoms in total. The highest BCUT2D eigenvalue weighted by Gasteiger charge is 2.33. The smallest absolute Gasteiger partial charge is 0.368 e. The number of aryl methyl sites for hydroxylation is 2. The van der Waals surface area contributed by atoms with Crippen molar-refractivity contribution in [3.05, 3.63) is 53.2 Å². The number of carbonyl (C=O) groups is 1. The first-order chi connectivity index (χ1) is 15.2. The molecule has 1 aromatic carbocycles. The van der Waals surface area contributed by atoms with Crippen molar-refractivity contribution >= 4 is 21.7 Å². The summed E-state index contributed by atoms with van der Waals surface area (Å²) in [5.41, 5.74) is 1.34. The van der Waals surface area contributed by atoms with Crippen LogP contribution in [0.25, 0.3) is 0 Å². The van der Waals surface area contributed by atoms with Gasteiger partial charge in [-0.3, -0.25) is 4.79 Å². The van der Waals surface area contributed by atoms with Crippen molar-refractivity contribution in [1.82, 2.24) is 15.0 Å². The standard InChI is InChI=1S/C21H25F3N4O3S/c22-21(23,24)18-6-3-10-26-20(18)27-13-12-25-19(29)9-11-28-32(30,31)17-8-7-15-4-1-2-5-16(15)14-17/h3,6-8,10,14,28H,1-2,4-5,9,11-13H2,(H,25,29)(H,26,27). The maximum atomic E-state index is 12.9. The molecule has 0 aliphatic heterocycles. The Bertz CT molecular complexity index is 1060. The summed E-state index contributed by atoms with van der Waals surface area (Å²) >= 11 is 0. The van der Waals surface area contributed by atoms with Crippen LogP contribution in [0.2, 0.25) is 0 Å². The second-order valence-electron chi connectivity index (χ2n) is 7.46. The van der Waals surface area contributed by atoms with E-state index in [4.69, 9.17) is 0 Å². The number of anilines is 1. The Morgan fingerprint density at radius 3 is 2.53 bits per heavy atom. The number of fused-ring (bicyclic) bond motifs is 1. The maximum Gasteiger partial charge on any atom is 0.419 e. The summed E-state index contributed by atoms with van der Waals surface area (Å²) in [5, 5.41) is 5.08. The number of hydrogen-bond donors (Lipinski definition) is 3. The van der Waals surface area contributed by atoms with E-state index < -0.39 is 27.7 Å². The lowest BCUT2D eigenvalue weighted by atomic mass is 9.92. The maximum absolute atomic E-state index is 12.9. The van der Waals surface area contributed by atoms with E-state index in [1.165, 1.54) is 17.8 Å². The molecule has 1 aliphatic rings. The molecule has 32 heavy (non-hydrogen) atoms. The Morgan fingerprint density at radius 2 is 1.78 bits per heavy atom. The molecule has 0 saturated carbocycles. The van der Waals surface area contributed by atoms with Gasteiger partial charge >= 0.3 is 6.18 Å². The topological polar surface area (TPSA) is 100 Å². The molecule has 3 N–H and O–H groups in total. The third-order valence-corrected chi connectivity index (χ3v) is 6.59. The highest BCUT2D eigenvalue weighted by Crippen LogP contribution is 2.33. The highest BCUT2D eigenvalue weighted by molar-refractivity contribution is 7.89. The van der Waals surface area contributed by atoms with Crippen LogP contribution in [0.15, 0.2) is 41.4 Å². The largest absolute Gasteiger partial charge is 0.419 e. The van der Waals surface area contributed by atoms with Crippen molar-refractivity contribution in [2.45, 2.75) is 43.2 Å². The lowest BCUT2D eigenvalue weighted by Gasteiger charge is -2.16. The molecule has 0 spiro atoms. The van der Waals surface area contributed by atoms with Crippen LogP contribution in [0.1, 0.15) is 36.0 Å². The number of carbonyl (C=O) groups excluding carboxylic acids is 1. The number of amides is 1. The molecule has 3 rings (SSSR count). The Morgan fingerprint density at radius 1 is 1.03 bits per heavy atom. The zero-order chi connectivity index (χ0) is 23.2. The molecule has 2 aromatic rings. The second kappa shape index (κ2) is 10.3. The number of sulfonamides is 1. The van der Waals surface area contributed by atoms with Crippen molar-refractivity contribution in [3.63, 3.8) is 0 Å². The van der Waals surface area contributed by atoms with Gasteiger partial charge in [-0.1, -0.05) is 6.07 Å². The third-order valence-electron chi connectivity index (χ3n) is 5.13. The first kappa shape index (κ1) is 24.0. The number of nitrogens with zero attached hydrogens (tertiary/aromatic N) is 1. The van der Waals surface area contributed by atoms with Gasteiger partial charge in [0.25, 0.3) is 0 Å². The summed E-state index contributed by atoms with van der Waals surface area (Å²) in [4.78, 5) is 15.8. The summed E-state index contributed by atoms with van der Waals surface area (Å²) in [6.07, 6.45) is 0.569. The van der Waals surface area contributed by atoms with Crippen LogP contribution in [-0.2, 0) is 33.8 Å². The molecule has 0 bridgehead atoms. The normalized spacial score (nSPS) is 14.0. The van der Waals surface area contributed by atoms with Gasteiger partial charge in [-0.2, -0.15) is 13.2 Å². The van der Waals surface area contributed by atoms with E-state index in [-0.39, 0.29) is 36.8 Å². The fraction of sp³-hybridized carbons (Fsp3) is 0.429. The first-order valence-corrected chi connectivity index (χ1v) is 11.8. The van der Waals surface area contributed by atoms with Crippen molar-refractivity contribution in [2.24, 2.45) is 0 Å². The number of pyridine rings is 1. The Hall–Kier alpha value is -2.66. The van der Waals surface area contributed by atoms with Crippen molar-refractivity contribution in [2.75, 3.05) is 25.0 Å². The van der Waals surface area contributed by atoms with Crippen molar-refractivity contribution < 1.29 is 26.4 Å². The number of hydrogen-bond acceptors (Lipinski definition) is 5.